The van der Waals surface area contributed by atoms with Crippen LogP contribution >= 0.6 is 11.3 Å². The second-order valence-electron chi connectivity index (χ2n) is 4.84. The van der Waals surface area contributed by atoms with Crippen LogP contribution in [0.25, 0.3) is 0 Å². The summed E-state index contributed by atoms with van der Waals surface area (Å²) in [7, 11) is 0. The minimum atomic E-state index is -0.740. The predicted molar refractivity (Wildman–Crippen MR) is 61.1 cm³/mol. The summed E-state index contributed by atoms with van der Waals surface area (Å²) in [5.74, 6) is -1.11. The molecule has 3 nitrogen and oxygen atoms in total. The van der Waals surface area contributed by atoms with Gasteiger partial charge in [0.1, 0.15) is 0 Å². The van der Waals surface area contributed by atoms with Crippen molar-refractivity contribution in [2.75, 3.05) is 0 Å². The van der Waals surface area contributed by atoms with E-state index in [1.807, 2.05) is 33.1 Å². The number of carbonyl (C=O) groups is 1. The van der Waals surface area contributed by atoms with Gasteiger partial charge in [0.25, 0.3) is 0 Å². The molecule has 1 unspecified atom stereocenters. The maximum absolute atomic E-state index is 11.1. The number of thiazole rings is 1. The lowest BCUT2D eigenvalue weighted by Gasteiger charge is -2.26. The molecule has 0 aliphatic heterocycles. The SMILES string of the molecule is Cc1csc(CC(C(=O)O)C(C)(C)C)n1. The van der Waals surface area contributed by atoms with Crippen LogP contribution in [0.3, 0.4) is 0 Å². The van der Waals surface area contributed by atoms with Crippen LogP contribution in [0.1, 0.15) is 31.5 Å². The molecular weight excluding hydrogens is 210 g/mol. The number of carboxylic acid groups (broad SMARTS) is 1. The van der Waals surface area contributed by atoms with Crippen molar-refractivity contribution in [3.8, 4) is 0 Å². The number of hydrogen-bond donors (Lipinski definition) is 1. The van der Waals surface area contributed by atoms with Gasteiger partial charge < -0.3 is 5.11 Å². The average molecular weight is 227 g/mol. The van der Waals surface area contributed by atoms with E-state index in [1.165, 1.54) is 11.3 Å². The Morgan fingerprint density at radius 2 is 2.20 bits per heavy atom. The number of hydrogen-bond acceptors (Lipinski definition) is 3. The fourth-order valence-electron chi connectivity index (χ4n) is 1.43. The average Bonchev–Trinajstić information content (AvgIpc) is 2.44. The molecule has 0 saturated carbocycles. The molecule has 84 valence electrons. The van der Waals surface area contributed by atoms with Crippen molar-refractivity contribution in [2.24, 2.45) is 11.3 Å². The Morgan fingerprint density at radius 3 is 2.53 bits per heavy atom. The molecule has 0 aromatic carbocycles. The topological polar surface area (TPSA) is 50.2 Å². The fourth-order valence-corrected chi connectivity index (χ4v) is 2.25. The van der Waals surface area contributed by atoms with Crippen molar-refractivity contribution in [3.63, 3.8) is 0 Å². The highest BCUT2D eigenvalue weighted by Crippen LogP contribution is 2.30. The summed E-state index contributed by atoms with van der Waals surface area (Å²) in [5, 5.41) is 12.0. The van der Waals surface area contributed by atoms with Crippen molar-refractivity contribution in [3.05, 3.63) is 16.1 Å². The Kier molecular flexibility index (Phi) is 3.50. The van der Waals surface area contributed by atoms with Crippen LogP contribution in [0.5, 0.6) is 0 Å². The molecular formula is C11H17NO2S. The summed E-state index contributed by atoms with van der Waals surface area (Å²) in [6, 6.07) is 0. The van der Waals surface area contributed by atoms with E-state index in [0.717, 1.165) is 10.7 Å². The highest BCUT2D eigenvalue weighted by atomic mass is 32.1. The lowest BCUT2D eigenvalue weighted by molar-refractivity contribution is -0.145. The standard InChI is InChI=1S/C11H17NO2S/c1-7-6-15-9(12-7)5-8(10(13)14)11(2,3)4/h6,8H,5H2,1-4H3,(H,13,14). The number of aromatic nitrogens is 1. The van der Waals surface area contributed by atoms with E-state index in [-0.39, 0.29) is 11.3 Å². The summed E-state index contributed by atoms with van der Waals surface area (Å²) >= 11 is 1.54. The first-order chi connectivity index (χ1) is 6.80. The van der Waals surface area contributed by atoms with Gasteiger partial charge in [-0.3, -0.25) is 4.79 Å². The van der Waals surface area contributed by atoms with Gasteiger partial charge in [0.15, 0.2) is 0 Å². The number of nitrogens with zero attached hydrogens (tertiary/aromatic N) is 1. The number of rotatable bonds is 3. The van der Waals surface area contributed by atoms with Crippen molar-refractivity contribution in [1.82, 2.24) is 4.98 Å². The summed E-state index contributed by atoms with van der Waals surface area (Å²) in [4.78, 5) is 15.4. The third-order valence-electron chi connectivity index (χ3n) is 2.39. The molecule has 0 amide bonds. The van der Waals surface area contributed by atoms with Gasteiger partial charge in [0, 0.05) is 17.5 Å². The Hall–Kier alpha value is -0.900. The van der Waals surface area contributed by atoms with E-state index >= 15 is 0 Å². The molecule has 1 atom stereocenters. The minimum Gasteiger partial charge on any atom is -0.481 e. The number of aliphatic carboxylic acids is 1. The van der Waals surface area contributed by atoms with Crippen LogP contribution in [0, 0.1) is 18.3 Å². The molecule has 1 N–H and O–H groups in total. The molecule has 0 aliphatic carbocycles. The zero-order valence-corrected chi connectivity index (χ0v) is 10.4. The first kappa shape index (κ1) is 12.2. The maximum Gasteiger partial charge on any atom is 0.307 e. The first-order valence-corrected chi connectivity index (χ1v) is 5.82. The molecule has 0 radical (unpaired) electrons. The Morgan fingerprint density at radius 1 is 1.60 bits per heavy atom. The van der Waals surface area contributed by atoms with Gasteiger partial charge in [-0.2, -0.15) is 0 Å². The van der Waals surface area contributed by atoms with Crippen LogP contribution in [0.2, 0.25) is 0 Å². The summed E-state index contributed by atoms with van der Waals surface area (Å²) in [6.45, 7) is 7.78. The third-order valence-corrected chi connectivity index (χ3v) is 3.38. The summed E-state index contributed by atoms with van der Waals surface area (Å²) in [6.07, 6.45) is 0.525. The second kappa shape index (κ2) is 4.31. The van der Waals surface area contributed by atoms with Gasteiger partial charge in [-0.15, -0.1) is 11.3 Å². The van der Waals surface area contributed by atoms with Gasteiger partial charge in [-0.1, -0.05) is 20.8 Å². The zero-order valence-electron chi connectivity index (χ0n) is 9.57. The Balaban J connectivity index is 2.81. The molecule has 4 heteroatoms. The maximum atomic E-state index is 11.1. The molecule has 0 bridgehead atoms. The van der Waals surface area contributed by atoms with Gasteiger partial charge in [0.2, 0.25) is 0 Å². The van der Waals surface area contributed by atoms with Crippen LogP contribution in [-0.2, 0) is 11.2 Å². The lowest BCUT2D eigenvalue weighted by atomic mass is 9.79. The molecule has 0 saturated heterocycles. The first-order valence-electron chi connectivity index (χ1n) is 4.94. The smallest absolute Gasteiger partial charge is 0.307 e. The van der Waals surface area contributed by atoms with Crippen LogP contribution in [0.15, 0.2) is 5.38 Å². The van der Waals surface area contributed by atoms with Crippen molar-refractivity contribution >= 4 is 17.3 Å². The molecule has 0 spiro atoms. The van der Waals surface area contributed by atoms with E-state index in [0.29, 0.717) is 6.42 Å². The second-order valence-corrected chi connectivity index (χ2v) is 5.79. The fraction of sp³-hybridized carbons (Fsp3) is 0.636. The van der Waals surface area contributed by atoms with Crippen LogP contribution in [-0.4, -0.2) is 16.1 Å². The Bertz CT molecular complexity index is 352. The monoisotopic (exact) mass is 227 g/mol. The van der Waals surface area contributed by atoms with Crippen LogP contribution in [0.4, 0.5) is 0 Å². The Labute approximate surface area is 94.2 Å². The van der Waals surface area contributed by atoms with Crippen molar-refractivity contribution in [1.29, 1.82) is 0 Å². The highest BCUT2D eigenvalue weighted by molar-refractivity contribution is 7.09. The molecule has 15 heavy (non-hydrogen) atoms. The zero-order chi connectivity index (χ0) is 11.6. The third kappa shape index (κ3) is 3.30. The molecule has 1 heterocycles. The van der Waals surface area contributed by atoms with Crippen LogP contribution < -0.4 is 0 Å². The summed E-state index contributed by atoms with van der Waals surface area (Å²) < 4.78 is 0. The van der Waals surface area contributed by atoms with Gasteiger partial charge >= 0.3 is 5.97 Å². The summed E-state index contributed by atoms with van der Waals surface area (Å²) in [5.41, 5.74) is 0.735. The molecule has 0 fully saturated rings. The number of aryl methyl sites for hydroxylation is 1. The van der Waals surface area contributed by atoms with E-state index in [4.69, 9.17) is 5.11 Å². The van der Waals surface area contributed by atoms with E-state index in [9.17, 15) is 4.79 Å². The lowest BCUT2D eigenvalue weighted by Crippen LogP contribution is -2.30. The highest BCUT2D eigenvalue weighted by Gasteiger charge is 2.31. The van der Waals surface area contributed by atoms with E-state index in [2.05, 4.69) is 4.98 Å². The van der Waals surface area contributed by atoms with Gasteiger partial charge in [0.05, 0.1) is 10.9 Å². The quantitative estimate of drug-likeness (QED) is 0.863. The predicted octanol–water partition coefficient (Wildman–Crippen LogP) is 2.74. The van der Waals surface area contributed by atoms with Gasteiger partial charge in [-0.05, 0) is 12.3 Å². The van der Waals surface area contributed by atoms with E-state index < -0.39 is 5.97 Å². The molecule has 1 aromatic heterocycles. The number of carboxylic acids is 1. The molecule has 0 aliphatic rings. The minimum absolute atomic E-state index is 0.231. The van der Waals surface area contributed by atoms with Crippen molar-refractivity contribution < 1.29 is 9.90 Å². The largest absolute Gasteiger partial charge is 0.481 e. The molecule has 1 aromatic rings. The normalized spacial score (nSPS) is 13.9. The van der Waals surface area contributed by atoms with E-state index in [1.54, 1.807) is 0 Å². The van der Waals surface area contributed by atoms with Gasteiger partial charge in [-0.25, -0.2) is 4.98 Å². The van der Waals surface area contributed by atoms with Crippen molar-refractivity contribution in [2.45, 2.75) is 34.1 Å². The molecule has 1 rings (SSSR count).